The van der Waals surface area contributed by atoms with Gasteiger partial charge in [-0.2, -0.15) is 0 Å². The summed E-state index contributed by atoms with van der Waals surface area (Å²) in [5.41, 5.74) is 7.52. The molecular formula is C28H31N7O3. The van der Waals surface area contributed by atoms with Crippen LogP contribution in [-0.2, 0) is 4.79 Å². The fraction of sp³-hybridized carbons (Fsp3) is 0.286. The molecule has 0 unspecified atom stereocenters. The van der Waals surface area contributed by atoms with E-state index in [1.54, 1.807) is 27.7 Å². The van der Waals surface area contributed by atoms with Crippen molar-refractivity contribution < 1.29 is 9.53 Å². The maximum Gasteiger partial charge on any atom is 0.335 e. The molecule has 3 heterocycles. The van der Waals surface area contributed by atoms with E-state index in [1.165, 1.54) is 10.9 Å². The zero-order chi connectivity index (χ0) is 26.6. The van der Waals surface area contributed by atoms with Crippen LogP contribution in [0.2, 0.25) is 0 Å². The van der Waals surface area contributed by atoms with E-state index in [9.17, 15) is 9.59 Å². The molecule has 0 spiro atoms. The highest BCUT2D eigenvalue weighted by Gasteiger charge is 2.29. The second-order valence-corrected chi connectivity index (χ2v) is 9.57. The van der Waals surface area contributed by atoms with Gasteiger partial charge in [0, 0.05) is 25.7 Å². The molecule has 0 aliphatic carbocycles. The number of carbonyl (C=O) groups is 1. The Hall–Kier alpha value is -4.44. The molecule has 10 nitrogen and oxygen atoms in total. The van der Waals surface area contributed by atoms with Gasteiger partial charge < -0.3 is 20.3 Å². The first-order valence-corrected chi connectivity index (χ1v) is 12.6. The van der Waals surface area contributed by atoms with Gasteiger partial charge in [-0.3, -0.25) is 13.9 Å². The first-order valence-electron chi connectivity index (χ1n) is 12.6. The number of nitrogen functional groups attached to an aromatic ring is 1. The number of likely N-dealkylation sites (tertiary alicyclic amines) is 1. The van der Waals surface area contributed by atoms with Gasteiger partial charge in [0.25, 0.3) is 0 Å². The molecule has 1 atom stereocenters. The van der Waals surface area contributed by atoms with Gasteiger partial charge in [-0.25, -0.2) is 14.8 Å². The standard InChI is InChI=1S/C28H31N7O3/c1-32(2)16-7-11-24(36)33-17-6-8-21(18-33)35-27-25(26(29)30-19-31-27)34(28(35)37)20-12-14-23(15-13-20)38-22-9-4-3-5-10-22/h3-5,7,9-15,19,21H,6,8,16-18H2,1-2H3,(H2,29,30,31)/b11-7+/t21-/m1/s1. The number of hydrogen-bond donors (Lipinski definition) is 1. The fourth-order valence-corrected chi connectivity index (χ4v) is 4.76. The Labute approximate surface area is 220 Å². The topological polar surface area (TPSA) is 112 Å². The van der Waals surface area contributed by atoms with Crippen molar-refractivity contribution in [1.82, 2.24) is 28.9 Å². The molecule has 5 rings (SSSR count). The summed E-state index contributed by atoms with van der Waals surface area (Å²) in [5.74, 6) is 1.52. The lowest BCUT2D eigenvalue weighted by atomic mass is 10.1. The molecule has 38 heavy (non-hydrogen) atoms. The molecule has 2 aromatic carbocycles. The summed E-state index contributed by atoms with van der Waals surface area (Å²) >= 11 is 0. The highest BCUT2D eigenvalue weighted by Crippen LogP contribution is 2.28. The number of benzene rings is 2. The lowest BCUT2D eigenvalue weighted by Crippen LogP contribution is -2.42. The summed E-state index contributed by atoms with van der Waals surface area (Å²) in [6.45, 7) is 1.74. The van der Waals surface area contributed by atoms with Crippen LogP contribution in [0.25, 0.3) is 16.9 Å². The summed E-state index contributed by atoms with van der Waals surface area (Å²) in [5, 5.41) is 0. The summed E-state index contributed by atoms with van der Waals surface area (Å²) < 4.78 is 9.09. The second kappa shape index (κ2) is 10.9. The Morgan fingerprint density at radius 2 is 1.84 bits per heavy atom. The van der Waals surface area contributed by atoms with Crippen molar-refractivity contribution in [2.75, 3.05) is 39.5 Å². The Morgan fingerprint density at radius 1 is 1.11 bits per heavy atom. The first kappa shape index (κ1) is 25.2. The van der Waals surface area contributed by atoms with Crippen molar-refractivity contribution in [3.8, 4) is 17.2 Å². The van der Waals surface area contributed by atoms with E-state index in [0.717, 1.165) is 18.6 Å². The third kappa shape index (κ3) is 5.16. The van der Waals surface area contributed by atoms with E-state index in [1.807, 2.05) is 67.5 Å². The maximum absolute atomic E-state index is 13.9. The molecule has 1 saturated heterocycles. The number of nitrogens with two attached hydrogens (primary N) is 1. The molecule has 4 aromatic rings. The van der Waals surface area contributed by atoms with E-state index in [2.05, 4.69) is 9.97 Å². The predicted molar refractivity (Wildman–Crippen MR) is 147 cm³/mol. The predicted octanol–water partition coefficient (Wildman–Crippen LogP) is 3.24. The molecular weight excluding hydrogens is 482 g/mol. The lowest BCUT2D eigenvalue weighted by molar-refractivity contribution is -0.127. The Kier molecular flexibility index (Phi) is 7.23. The van der Waals surface area contributed by atoms with Crippen LogP contribution >= 0.6 is 0 Å². The van der Waals surface area contributed by atoms with Crippen LogP contribution in [0.3, 0.4) is 0 Å². The lowest BCUT2D eigenvalue weighted by Gasteiger charge is -2.32. The zero-order valence-electron chi connectivity index (χ0n) is 21.5. The van der Waals surface area contributed by atoms with Crippen molar-refractivity contribution in [2.24, 2.45) is 0 Å². The monoisotopic (exact) mass is 513 g/mol. The van der Waals surface area contributed by atoms with Gasteiger partial charge in [0.1, 0.15) is 23.3 Å². The van der Waals surface area contributed by atoms with Crippen molar-refractivity contribution in [3.63, 3.8) is 0 Å². The van der Waals surface area contributed by atoms with E-state index >= 15 is 0 Å². The number of rotatable bonds is 7. The molecule has 0 radical (unpaired) electrons. The van der Waals surface area contributed by atoms with Crippen LogP contribution in [0.15, 0.2) is 77.9 Å². The number of fused-ring (bicyclic) bond motifs is 1. The molecule has 1 amide bonds. The molecule has 196 valence electrons. The van der Waals surface area contributed by atoms with Crippen molar-refractivity contribution >= 4 is 22.9 Å². The van der Waals surface area contributed by atoms with Crippen molar-refractivity contribution in [2.45, 2.75) is 18.9 Å². The van der Waals surface area contributed by atoms with Crippen LogP contribution < -0.4 is 16.2 Å². The van der Waals surface area contributed by atoms with E-state index in [-0.39, 0.29) is 23.5 Å². The molecule has 10 heteroatoms. The van der Waals surface area contributed by atoms with Crippen LogP contribution in [-0.4, -0.2) is 68.5 Å². The molecule has 2 aromatic heterocycles. The van der Waals surface area contributed by atoms with Gasteiger partial charge in [-0.1, -0.05) is 24.3 Å². The normalized spacial score (nSPS) is 16.0. The molecule has 1 aliphatic heterocycles. The van der Waals surface area contributed by atoms with Crippen LogP contribution in [0, 0.1) is 0 Å². The number of piperidine rings is 1. The molecule has 1 fully saturated rings. The smallest absolute Gasteiger partial charge is 0.335 e. The number of amides is 1. The Morgan fingerprint density at radius 3 is 2.58 bits per heavy atom. The zero-order valence-corrected chi connectivity index (χ0v) is 21.5. The molecule has 2 N–H and O–H groups in total. The van der Waals surface area contributed by atoms with Gasteiger partial charge in [0.2, 0.25) is 5.91 Å². The summed E-state index contributed by atoms with van der Waals surface area (Å²) in [6, 6.07) is 16.5. The molecule has 0 saturated carbocycles. The maximum atomic E-state index is 13.9. The van der Waals surface area contributed by atoms with Crippen LogP contribution in [0.5, 0.6) is 11.5 Å². The largest absolute Gasteiger partial charge is 0.457 e. The Balaban J connectivity index is 1.47. The number of nitrogens with zero attached hydrogens (tertiary/aromatic N) is 6. The summed E-state index contributed by atoms with van der Waals surface area (Å²) in [7, 11) is 3.90. The van der Waals surface area contributed by atoms with E-state index in [0.29, 0.717) is 42.2 Å². The number of para-hydroxylation sites is 1. The average molecular weight is 514 g/mol. The van der Waals surface area contributed by atoms with Gasteiger partial charge in [0.05, 0.1) is 11.7 Å². The van der Waals surface area contributed by atoms with Crippen LogP contribution in [0.1, 0.15) is 18.9 Å². The van der Waals surface area contributed by atoms with Gasteiger partial charge in [-0.15, -0.1) is 0 Å². The minimum Gasteiger partial charge on any atom is -0.457 e. The Bertz CT molecular complexity index is 1510. The number of hydrogen-bond acceptors (Lipinski definition) is 7. The summed E-state index contributed by atoms with van der Waals surface area (Å²) in [6.07, 6.45) is 6.35. The summed E-state index contributed by atoms with van der Waals surface area (Å²) in [4.78, 5) is 39.1. The fourth-order valence-electron chi connectivity index (χ4n) is 4.76. The van der Waals surface area contributed by atoms with Gasteiger partial charge in [0.15, 0.2) is 11.5 Å². The third-order valence-electron chi connectivity index (χ3n) is 6.56. The van der Waals surface area contributed by atoms with Crippen LogP contribution in [0.4, 0.5) is 5.82 Å². The number of anilines is 1. The first-order chi connectivity index (χ1) is 18.4. The number of likely N-dealkylation sites (N-methyl/N-ethyl adjacent to an activating group) is 1. The minimum absolute atomic E-state index is 0.0588. The van der Waals surface area contributed by atoms with Crippen molar-refractivity contribution in [1.29, 1.82) is 0 Å². The number of ether oxygens (including phenoxy) is 1. The van der Waals surface area contributed by atoms with E-state index in [4.69, 9.17) is 10.5 Å². The number of carbonyl (C=O) groups excluding carboxylic acids is 1. The second-order valence-electron chi connectivity index (χ2n) is 9.57. The highest BCUT2D eigenvalue weighted by molar-refractivity contribution is 5.88. The van der Waals surface area contributed by atoms with Gasteiger partial charge in [-0.05, 0) is 63.3 Å². The highest BCUT2D eigenvalue weighted by atomic mass is 16.5. The minimum atomic E-state index is -0.272. The van der Waals surface area contributed by atoms with Crippen molar-refractivity contribution in [3.05, 3.63) is 83.6 Å². The average Bonchev–Trinajstić information content (AvgIpc) is 3.22. The number of imidazole rings is 1. The van der Waals surface area contributed by atoms with E-state index < -0.39 is 0 Å². The van der Waals surface area contributed by atoms with Gasteiger partial charge >= 0.3 is 5.69 Å². The third-order valence-corrected chi connectivity index (χ3v) is 6.56. The molecule has 0 bridgehead atoms. The number of aromatic nitrogens is 4. The SMILES string of the molecule is CN(C)C/C=C/C(=O)N1CCC[C@@H](n2c(=O)n(-c3ccc(Oc4ccccc4)cc3)c3c(N)ncnc32)C1. The quantitative estimate of drug-likeness (QED) is 0.378. The molecule has 1 aliphatic rings.